The maximum atomic E-state index is 8.92. The molecule has 0 aliphatic carbocycles. The Hall–Kier alpha value is -2.13. The Morgan fingerprint density at radius 3 is 2.96 bits per heavy atom. The largest absolute Gasteiger partial charge is 0.395 e. The molecule has 7 nitrogen and oxygen atoms in total. The molecule has 3 heterocycles. The monoisotopic (exact) mass is 370 g/mol. The first kappa shape index (κ1) is 17.3. The molecule has 0 saturated heterocycles. The number of fused-ring (bicyclic) bond motifs is 2. The SMILES string of the molecule is NCCNc1ccc2c3c(nn2CCNCCO)-c2ccncc2Sc13. The molecule has 8 heteroatoms. The van der Waals surface area contributed by atoms with Crippen molar-refractivity contribution in [3.05, 3.63) is 30.6 Å². The molecule has 0 atom stereocenters. The van der Waals surface area contributed by atoms with Crippen molar-refractivity contribution in [3.63, 3.8) is 0 Å². The number of hydrogen-bond donors (Lipinski definition) is 4. The Kier molecular flexibility index (Phi) is 5.07. The van der Waals surface area contributed by atoms with Gasteiger partial charge in [-0.25, -0.2) is 0 Å². The number of benzene rings is 1. The number of rotatable bonds is 8. The number of nitrogens with zero attached hydrogens (tertiary/aromatic N) is 3. The van der Waals surface area contributed by atoms with Gasteiger partial charge in [0, 0.05) is 65.0 Å². The zero-order valence-corrected chi connectivity index (χ0v) is 15.2. The van der Waals surface area contributed by atoms with Gasteiger partial charge in [0.05, 0.1) is 18.7 Å². The van der Waals surface area contributed by atoms with Crippen molar-refractivity contribution in [2.45, 2.75) is 16.3 Å². The van der Waals surface area contributed by atoms with Crippen LogP contribution in [0.15, 0.2) is 40.4 Å². The van der Waals surface area contributed by atoms with E-state index in [1.54, 1.807) is 11.8 Å². The van der Waals surface area contributed by atoms with Crippen LogP contribution in [-0.2, 0) is 6.54 Å². The Morgan fingerprint density at radius 2 is 2.12 bits per heavy atom. The molecule has 3 aromatic rings. The highest BCUT2D eigenvalue weighted by Gasteiger charge is 2.25. The van der Waals surface area contributed by atoms with Crippen molar-refractivity contribution in [2.75, 3.05) is 38.1 Å². The Morgan fingerprint density at radius 1 is 1.19 bits per heavy atom. The minimum atomic E-state index is 0.141. The van der Waals surface area contributed by atoms with Gasteiger partial charge in [-0.3, -0.25) is 9.67 Å². The summed E-state index contributed by atoms with van der Waals surface area (Å²) in [5.74, 6) is 0. The predicted molar refractivity (Wildman–Crippen MR) is 105 cm³/mol. The molecule has 26 heavy (non-hydrogen) atoms. The van der Waals surface area contributed by atoms with E-state index in [0.717, 1.165) is 47.0 Å². The van der Waals surface area contributed by atoms with Crippen molar-refractivity contribution in [2.24, 2.45) is 5.73 Å². The Bertz CT molecular complexity index is 925. The summed E-state index contributed by atoms with van der Waals surface area (Å²) >= 11 is 1.73. The third kappa shape index (κ3) is 3.05. The fraction of sp³-hybridized carbons (Fsp3) is 0.333. The van der Waals surface area contributed by atoms with Crippen molar-refractivity contribution in [1.82, 2.24) is 20.1 Å². The van der Waals surface area contributed by atoms with Crippen LogP contribution in [0.1, 0.15) is 0 Å². The minimum Gasteiger partial charge on any atom is -0.395 e. The molecule has 0 fully saturated rings. The quantitative estimate of drug-likeness (QED) is 0.349. The lowest BCUT2D eigenvalue weighted by atomic mass is 10.1. The second-order valence-electron chi connectivity index (χ2n) is 6.07. The summed E-state index contributed by atoms with van der Waals surface area (Å²) in [5.41, 5.74) is 10.00. The van der Waals surface area contributed by atoms with Crippen LogP contribution in [0, 0.1) is 0 Å². The van der Waals surface area contributed by atoms with E-state index in [-0.39, 0.29) is 6.61 Å². The molecule has 2 aromatic heterocycles. The van der Waals surface area contributed by atoms with Crippen LogP contribution in [0.3, 0.4) is 0 Å². The van der Waals surface area contributed by atoms with E-state index < -0.39 is 0 Å². The number of nitrogens with one attached hydrogen (secondary N) is 2. The smallest absolute Gasteiger partial charge is 0.103 e. The van der Waals surface area contributed by atoms with Crippen molar-refractivity contribution in [1.29, 1.82) is 0 Å². The molecule has 0 bridgehead atoms. The Balaban J connectivity index is 1.80. The maximum absolute atomic E-state index is 8.92. The van der Waals surface area contributed by atoms with Gasteiger partial charge in [-0.15, -0.1) is 0 Å². The standard InChI is InChI=1S/C18H22N6OS/c19-4-6-22-13-1-2-14-16-17(23-24(14)9-7-20-8-10-25)12-3-5-21-11-15(12)26-18(13)16/h1-3,5,11,20,22,25H,4,6-10,19H2. The maximum Gasteiger partial charge on any atom is 0.103 e. The zero-order chi connectivity index (χ0) is 17.9. The van der Waals surface area contributed by atoms with Gasteiger partial charge in [-0.1, -0.05) is 11.8 Å². The first-order chi connectivity index (χ1) is 12.8. The zero-order valence-electron chi connectivity index (χ0n) is 14.4. The average Bonchev–Trinajstić information content (AvgIpc) is 3.05. The van der Waals surface area contributed by atoms with E-state index >= 15 is 0 Å². The van der Waals surface area contributed by atoms with E-state index in [1.165, 1.54) is 10.3 Å². The molecular weight excluding hydrogens is 348 g/mol. The molecule has 0 unspecified atom stereocenters. The molecule has 1 aliphatic rings. The van der Waals surface area contributed by atoms with E-state index in [1.807, 2.05) is 23.1 Å². The summed E-state index contributed by atoms with van der Waals surface area (Å²) in [6, 6.07) is 6.25. The highest BCUT2D eigenvalue weighted by atomic mass is 32.2. The number of aliphatic hydroxyl groups excluding tert-OH is 1. The molecule has 4 rings (SSSR count). The normalized spacial score (nSPS) is 12.4. The van der Waals surface area contributed by atoms with Crippen LogP contribution >= 0.6 is 11.8 Å². The van der Waals surface area contributed by atoms with Crippen LogP contribution < -0.4 is 16.4 Å². The lowest BCUT2D eigenvalue weighted by molar-refractivity contribution is 0.291. The first-order valence-corrected chi connectivity index (χ1v) is 9.56. The van der Waals surface area contributed by atoms with Gasteiger partial charge in [0.2, 0.25) is 0 Å². The van der Waals surface area contributed by atoms with E-state index in [2.05, 4.69) is 27.8 Å². The molecule has 0 radical (unpaired) electrons. The van der Waals surface area contributed by atoms with Crippen LogP contribution in [0.4, 0.5) is 5.69 Å². The number of anilines is 1. The van der Waals surface area contributed by atoms with Crippen molar-refractivity contribution >= 4 is 28.4 Å². The summed E-state index contributed by atoms with van der Waals surface area (Å²) in [6.45, 7) is 3.56. The summed E-state index contributed by atoms with van der Waals surface area (Å²) in [5, 5.41) is 21.6. The Labute approximate surface area is 156 Å². The molecule has 0 saturated carbocycles. The van der Waals surface area contributed by atoms with E-state index in [9.17, 15) is 0 Å². The lowest BCUT2D eigenvalue weighted by Crippen LogP contribution is -2.23. The van der Waals surface area contributed by atoms with Gasteiger partial charge >= 0.3 is 0 Å². The molecule has 5 N–H and O–H groups in total. The fourth-order valence-electron chi connectivity index (χ4n) is 3.21. The number of hydrogen-bond acceptors (Lipinski definition) is 7. The summed E-state index contributed by atoms with van der Waals surface area (Å²) in [6.07, 6.45) is 3.71. The summed E-state index contributed by atoms with van der Waals surface area (Å²) < 4.78 is 2.04. The molecule has 136 valence electrons. The van der Waals surface area contributed by atoms with Crippen LogP contribution in [0.5, 0.6) is 0 Å². The molecule has 0 spiro atoms. The van der Waals surface area contributed by atoms with Crippen molar-refractivity contribution < 1.29 is 5.11 Å². The fourth-order valence-corrected chi connectivity index (χ4v) is 4.37. The average molecular weight is 370 g/mol. The van der Waals surface area contributed by atoms with Crippen LogP contribution in [0.2, 0.25) is 0 Å². The number of pyridine rings is 1. The number of nitrogens with two attached hydrogens (primary N) is 1. The minimum absolute atomic E-state index is 0.141. The van der Waals surface area contributed by atoms with Crippen LogP contribution in [-0.4, -0.2) is 52.7 Å². The highest BCUT2D eigenvalue weighted by molar-refractivity contribution is 8.00. The predicted octanol–water partition coefficient (Wildman–Crippen LogP) is 1.52. The van der Waals surface area contributed by atoms with Crippen molar-refractivity contribution in [3.8, 4) is 11.3 Å². The van der Waals surface area contributed by atoms with E-state index in [4.69, 9.17) is 15.9 Å². The van der Waals surface area contributed by atoms with E-state index in [0.29, 0.717) is 13.1 Å². The number of aliphatic hydroxyl groups is 1. The second kappa shape index (κ2) is 7.63. The second-order valence-corrected chi connectivity index (χ2v) is 7.12. The van der Waals surface area contributed by atoms with Crippen LogP contribution in [0.25, 0.3) is 22.2 Å². The van der Waals surface area contributed by atoms with Gasteiger partial charge in [-0.2, -0.15) is 5.10 Å². The third-order valence-corrected chi connectivity index (χ3v) is 5.55. The molecule has 1 aromatic carbocycles. The first-order valence-electron chi connectivity index (χ1n) is 8.74. The van der Waals surface area contributed by atoms with Gasteiger partial charge in [0.25, 0.3) is 0 Å². The van der Waals surface area contributed by atoms with Gasteiger partial charge in [0.1, 0.15) is 5.69 Å². The summed E-state index contributed by atoms with van der Waals surface area (Å²) in [7, 11) is 0. The highest BCUT2D eigenvalue weighted by Crippen LogP contribution is 2.49. The third-order valence-electron chi connectivity index (χ3n) is 4.37. The lowest BCUT2D eigenvalue weighted by Gasteiger charge is -2.18. The van der Waals surface area contributed by atoms with Gasteiger partial charge in [-0.05, 0) is 18.2 Å². The summed E-state index contributed by atoms with van der Waals surface area (Å²) in [4.78, 5) is 6.57. The van der Waals surface area contributed by atoms with Gasteiger partial charge < -0.3 is 21.5 Å². The topological polar surface area (TPSA) is 101 Å². The number of aromatic nitrogens is 3. The molecular formula is C18H22N6OS. The van der Waals surface area contributed by atoms with Gasteiger partial charge in [0.15, 0.2) is 0 Å². The molecule has 1 aliphatic heterocycles. The molecule has 0 amide bonds.